The molecule has 3 aromatic rings. The van der Waals surface area contributed by atoms with E-state index in [1.165, 1.54) is 10.6 Å². The molecule has 4 amide bonds. The van der Waals surface area contributed by atoms with Crippen molar-refractivity contribution in [3.05, 3.63) is 94.9 Å². The highest BCUT2D eigenvalue weighted by Gasteiger charge is 2.50. The minimum Gasteiger partial charge on any atom is -0.467 e. The van der Waals surface area contributed by atoms with E-state index in [1.54, 1.807) is 25.3 Å². The van der Waals surface area contributed by atoms with E-state index in [4.69, 9.17) is 4.42 Å². The molecule has 1 N–H and O–H groups in total. The van der Waals surface area contributed by atoms with E-state index in [0.717, 1.165) is 34.6 Å². The summed E-state index contributed by atoms with van der Waals surface area (Å²) in [5.74, 6) is -0.339. The summed E-state index contributed by atoms with van der Waals surface area (Å²) < 4.78 is 5.60. The minimum atomic E-state index is -1.25. The molecular weight excluding hydrogens is 468 g/mol. The molecule has 2 atom stereocenters. The summed E-state index contributed by atoms with van der Waals surface area (Å²) in [5, 5.41) is 8.73. The van der Waals surface area contributed by atoms with Gasteiger partial charge in [-0.2, -0.15) is 5.10 Å². The Bertz CT molecular complexity index is 1350. The second kappa shape index (κ2) is 9.69. The third-order valence-electron chi connectivity index (χ3n) is 7.06. The summed E-state index contributed by atoms with van der Waals surface area (Å²) in [6.45, 7) is 5.36. The second-order valence-corrected chi connectivity index (χ2v) is 9.78. The van der Waals surface area contributed by atoms with Gasteiger partial charge in [-0.1, -0.05) is 67.4 Å². The van der Waals surface area contributed by atoms with Gasteiger partial charge in [-0.25, -0.2) is 9.80 Å². The molecule has 8 nitrogen and oxygen atoms in total. The standard InChI is InChI=1S/C29H30N4O4/c1-4-6-20-10-14-22(15-11-20)29(3)27(35)32(28(36)30-29)18-26(34)33-24(25-7-5-16-37-25)17-23(31-33)21-12-8-19(2)9-13-21/h5,7-16,24H,4,6,17-18H2,1-3H3,(H,30,36). The number of carbonyl (C=O) groups excluding carboxylic acids is 3. The Hall–Kier alpha value is -4.20. The number of hydrogen-bond acceptors (Lipinski definition) is 5. The minimum absolute atomic E-state index is 0.421. The summed E-state index contributed by atoms with van der Waals surface area (Å²) >= 11 is 0. The molecule has 190 valence electrons. The zero-order valence-electron chi connectivity index (χ0n) is 21.2. The van der Waals surface area contributed by atoms with Gasteiger partial charge in [0.2, 0.25) is 0 Å². The normalized spacial score (nSPS) is 21.4. The number of rotatable bonds is 7. The lowest BCUT2D eigenvalue weighted by Gasteiger charge is -2.24. The topological polar surface area (TPSA) is 95.2 Å². The van der Waals surface area contributed by atoms with Crippen LogP contribution in [0.25, 0.3) is 0 Å². The van der Waals surface area contributed by atoms with Gasteiger partial charge in [0.1, 0.15) is 23.9 Å². The van der Waals surface area contributed by atoms with Crippen LogP contribution in [0.4, 0.5) is 4.79 Å². The third kappa shape index (κ3) is 4.55. The number of urea groups is 1. The smallest absolute Gasteiger partial charge is 0.325 e. The number of nitrogens with one attached hydrogen (secondary N) is 1. The summed E-state index contributed by atoms with van der Waals surface area (Å²) in [4.78, 5) is 40.8. The molecule has 0 aliphatic carbocycles. The van der Waals surface area contributed by atoms with Crippen molar-refractivity contribution in [1.82, 2.24) is 15.2 Å². The Morgan fingerprint density at radius 1 is 1.11 bits per heavy atom. The highest BCUT2D eigenvalue weighted by atomic mass is 16.3. The van der Waals surface area contributed by atoms with Crippen LogP contribution >= 0.6 is 0 Å². The van der Waals surface area contributed by atoms with Crippen LogP contribution in [0.3, 0.4) is 0 Å². The molecule has 3 heterocycles. The molecular formula is C29H30N4O4. The quantitative estimate of drug-likeness (QED) is 0.478. The van der Waals surface area contributed by atoms with Gasteiger partial charge in [-0.15, -0.1) is 0 Å². The van der Waals surface area contributed by atoms with Crippen LogP contribution in [0.2, 0.25) is 0 Å². The van der Waals surface area contributed by atoms with E-state index in [2.05, 4.69) is 17.3 Å². The zero-order chi connectivity index (χ0) is 26.2. The number of aryl methyl sites for hydroxylation is 2. The molecule has 0 spiro atoms. The molecule has 8 heteroatoms. The average molecular weight is 499 g/mol. The lowest BCUT2D eigenvalue weighted by atomic mass is 9.91. The van der Waals surface area contributed by atoms with Crippen molar-refractivity contribution in [2.24, 2.45) is 5.10 Å². The van der Waals surface area contributed by atoms with Crippen molar-refractivity contribution in [1.29, 1.82) is 0 Å². The van der Waals surface area contributed by atoms with Gasteiger partial charge in [0.05, 0.1) is 12.0 Å². The SMILES string of the molecule is CCCc1ccc(C2(C)NC(=O)N(CC(=O)N3N=C(c4ccc(C)cc4)CC3c3ccco3)C2=O)cc1. The molecule has 0 bridgehead atoms. The lowest BCUT2D eigenvalue weighted by Crippen LogP contribution is -2.43. The molecule has 2 aliphatic rings. The largest absolute Gasteiger partial charge is 0.467 e. The van der Waals surface area contributed by atoms with Crippen LogP contribution in [0.5, 0.6) is 0 Å². The number of carbonyl (C=O) groups is 3. The number of imide groups is 1. The fourth-order valence-corrected chi connectivity index (χ4v) is 4.90. The van der Waals surface area contributed by atoms with Crippen LogP contribution in [0, 0.1) is 6.92 Å². The van der Waals surface area contributed by atoms with Gasteiger partial charge in [-0.3, -0.25) is 14.5 Å². The van der Waals surface area contributed by atoms with E-state index in [1.807, 2.05) is 55.5 Å². The maximum absolute atomic E-state index is 13.5. The summed E-state index contributed by atoms with van der Waals surface area (Å²) in [5.41, 5.74) is 3.37. The Kier molecular flexibility index (Phi) is 6.41. The third-order valence-corrected chi connectivity index (χ3v) is 7.06. The van der Waals surface area contributed by atoms with Crippen molar-refractivity contribution in [2.75, 3.05) is 6.54 Å². The van der Waals surface area contributed by atoms with Gasteiger partial charge in [-0.05, 0) is 49.1 Å². The second-order valence-electron chi connectivity index (χ2n) is 9.78. The first kappa shape index (κ1) is 24.5. The molecule has 1 fully saturated rings. The molecule has 2 aromatic carbocycles. The predicted molar refractivity (Wildman–Crippen MR) is 139 cm³/mol. The molecule has 1 saturated heterocycles. The summed E-state index contributed by atoms with van der Waals surface area (Å²) in [6.07, 6.45) is 3.97. The first-order valence-electron chi connectivity index (χ1n) is 12.5. The van der Waals surface area contributed by atoms with Crippen LogP contribution in [0.1, 0.15) is 60.7 Å². The highest BCUT2D eigenvalue weighted by molar-refractivity contribution is 6.09. The van der Waals surface area contributed by atoms with E-state index in [9.17, 15) is 14.4 Å². The molecule has 0 radical (unpaired) electrons. The number of hydrogen-bond donors (Lipinski definition) is 1. The van der Waals surface area contributed by atoms with Crippen molar-refractivity contribution < 1.29 is 18.8 Å². The number of benzene rings is 2. The molecule has 37 heavy (non-hydrogen) atoms. The lowest BCUT2D eigenvalue weighted by molar-refractivity contribution is -0.140. The van der Waals surface area contributed by atoms with E-state index < -0.39 is 36.0 Å². The molecule has 5 rings (SSSR count). The monoisotopic (exact) mass is 498 g/mol. The fourth-order valence-electron chi connectivity index (χ4n) is 4.90. The highest BCUT2D eigenvalue weighted by Crippen LogP contribution is 2.34. The van der Waals surface area contributed by atoms with Crippen LogP contribution in [0.15, 0.2) is 76.4 Å². The van der Waals surface area contributed by atoms with Gasteiger partial charge in [0, 0.05) is 6.42 Å². The molecule has 2 unspecified atom stereocenters. The Labute approximate surface area is 215 Å². The van der Waals surface area contributed by atoms with Crippen LogP contribution in [-0.2, 0) is 21.5 Å². The van der Waals surface area contributed by atoms with Crippen molar-refractivity contribution in [3.8, 4) is 0 Å². The van der Waals surface area contributed by atoms with Gasteiger partial charge in [0.25, 0.3) is 11.8 Å². The van der Waals surface area contributed by atoms with Crippen LogP contribution < -0.4 is 5.32 Å². The van der Waals surface area contributed by atoms with Crippen molar-refractivity contribution in [3.63, 3.8) is 0 Å². The summed E-state index contributed by atoms with van der Waals surface area (Å²) in [6, 6.07) is 18.1. The first-order valence-corrected chi connectivity index (χ1v) is 12.5. The van der Waals surface area contributed by atoms with Gasteiger partial charge >= 0.3 is 6.03 Å². The van der Waals surface area contributed by atoms with E-state index in [0.29, 0.717) is 17.7 Å². The average Bonchev–Trinajstić information content (AvgIpc) is 3.62. The van der Waals surface area contributed by atoms with Crippen LogP contribution in [-0.4, -0.2) is 40.0 Å². The predicted octanol–water partition coefficient (Wildman–Crippen LogP) is 4.69. The molecule has 1 aromatic heterocycles. The van der Waals surface area contributed by atoms with Gasteiger partial charge in [0.15, 0.2) is 0 Å². The number of amides is 4. The van der Waals surface area contributed by atoms with Crippen molar-refractivity contribution in [2.45, 2.75) is 51.6 Å². The maximum Gasteiger partial charge on any atom is 0.325 e. The van der Waals surface area contributed by atoms with E-state index >= 15 is 0 Å². The van der Waals surface area contributed by atoms with Crippen molar-refractivity contribution >= 4 is 23.6 Å². The Balaban J connectivity index is 1.38. The Morgan fingerprint density at radius 3 is 2.49 bits per heavy atom. The number of nitrogens with zero attached hydrogens (tertiary/aromatic N) is 3. The number of furan rings is 1. The Morgan fingerprint density at radius 2 is 1.84 bits per heavy atom. The molecule has 2 aliphatic heterocycles. The first-order chi connectivity index (χ1) is 17.8. The summed E-state index contributed by atoms with van der Waals surface area (Å²) in [7, 11) is 0. The molecule has 0 saturated carbocycles. The van der Waals surface area contributed by atoms with E-state index in [-0.39, 0.29) is 0 Å². The zero-order valence-corrected chi connectivity index (χ0v) is 21.2. The van der Waals surface area contributed by atoms with Gasteiger partial charge < -0.3 is 9.73 Å². The number of hydrazone groups is 1. The maximum atomic E-state index is 13.5. The fraction of sp³-hybridized carbons (Fsp3) is 0.310.